The van der Waals surface area contributed by atoms with Crippen molar-refractivity contribution in [3.8, 4) is 0 Å². The van der Waals surface area contributed by atoms with Gasteiger partial charge in [-0.05, 0) is 12.0 Å². The zero-order chi connectivity index (χ0) is 12.1. The lowest BCUT2D eigenvalue weighted by Crippen LogP contribution is -2.28. The van der Waals surface area contributed by atoms with Crippen molar-refractivity contribution >= 4 is 5.97 Å². The third kappa shape index (κ3) is 3.28. The Kier molecular flexibility index (Phi) is 4.12. The van der Waals surface area contributed by atoms with Gasteiger partial charge in [-0.1, -0.05) is 30.3 Å². The van der Waals surface area contributed by atoms with Crippen LogP contribution in [0.2, 0.25) is 0 Å². The first-order chi connectivity index (χ1) is 8.27. The first kappa shape index (κ1) is 12.1. The molecule has 0 bridgehead atoms. The summed E-state index contributed by atoms with van der Waals surface area (Å²) in [5.41, 5.74) is 1.05. The molecular formula is C13H16O4. The molecule has 4 nitrogen and oxygen atoms in total. The zero-order valence-corrected chi connectivity index (χ0v) is 9.54. The molecule has 92 valence electrons. The van der Waals surface area contributed by atoms with Crippen LogP contribution in [-0.2, 0) is 20.9 Å². The van der Waals surface area contributed by atoms with Crippen molar-refractivity contribution in [2.45, 2.75) is 19.1 Å². The highest BCUT2D eigenvalue weighted by Gasteiger charge is 2.33. The van der Waals surface area contributed by atoms with Crippen molar-refractivity contribution in [3.05, 3.63) is 35.9 Å². The van der Waals surface area contributed by atoms with Crippen molar-refractivity contribution in [2.75, 3.05) is 13.2 Å². The first-order valence-corrected chi connectivity index (χ1v) is 5.74. The van der Waals surface area contributed by atoms with E-state index in [1.54, 1.807) is 0 Å². The molecule has 1 aliphatic heterocycles. The molecule has 0 amide bonds. The Morgan fingerprint density at radius 1 is 1.41 bits per heavy atom. The number of hydrogen-bond acceptors (Lipinski definition) is 4. The monoisotopic (exact) mass is 236 g/mol. The van der Waals surface area contributed by atoms with Gasteiger partial charge >= 0.3 is 5.97 Å². The Hall–Kier alpha value is -1.39. The summed E-state index contributed by atoms with van der Waals surface area (Å²) in [5.74, 6) is -0.744. The van der Waals surface area contributed by atoms with Gasteiger partial charge < -0.3 is 14.6 Å². The van der Waals surface area contributed by atoms with Crippen LogP contribution in [-0.4, -0.2) is 30.4 Å². The normalized spacial score (nSPS) is 21.2. The number of cyclic esters (lactones) is 1. The van der Waals surface area contributed by atoms with Gasteiger partial charge in [0, 0.05) is 0 Å². The fourth-order valence-electron chi connectivity index (χ4n) is 1.85. The van der Waals surface area contributed by atoms with Gasteiger partial charge in [-0.3, -0.25) is 4.79 Å². The average molecular weight is 236 g/mol. The van der Waals surface area contributed by atoms with E-state index in [9.17, 15) is 9.90 Å². The second kappa shape index (κ2) is 5.80. The predicted molar refractivity (Wildman–Crippen MR) is 61.2 cm³/mol. The van der Waals surface area contributed by atoms with Crippen LogP contribution in [0.3, 0.4) is 0 Å². The molecule has 1 aromatic rings. The van der Waals surface area contributed by atoms with E-state index in [2.05, 4.69) is 0 Å². The second-order valence-electron chi connectivity index (χ2n) is 4.13. The number of ether oxygens (including phenoxy) is 2. The van der Waals surface area contributed by atoms with Gasteiger partial charge in [0.25, 0.3) is 0 Å². The number of carbonyl (C=O) groups excluding carboxylic acids is 1. The molecule has 2 atom stereocenters. The SMILES string of the molecule is O=C1OCC[C@@H]1[C@H](O)COCc1ccccc1. The van der Waals surface area contributed by atoms with E-state index in [0.717, 1.165) is 5.56 Å². The molecule has 1 aliphatic rings. The summed E-state index contributed by atoms with van der Waals surface area (Å²) in [5, 5.41) is 9.77. The van der Waals surface area contributed by atoms with E-state index in [4.69, 9.17) is 9.47 Å². The molecule has 0 aromatic heterocycles. The lowest BCUT2D eigenvalue weighted by atomic mass is 10.0. The molecule has 0 unspecified atom stereocenters. The van der Waals surface area contributed by atoms with Gasteiger partial charge in [-0.15, -0.1) is 0 Å². The number of carbonyl (C=O) groups is 1. The van der Waals surface area contributed by atoms with E-state index < -0.39 is 12.0 Å². The van der Waals surface area contributed by atoms with Crippen LogP contribution in [0.4, 0.5) is 0 Å². The molecule has 0 saturated carbocycles. The van der Waals surface area contributed by atoms with E-state index >= 15 is 0 Å². The Morgan fingerprint density at radius 3 is 2.82 bits per heavy atom. The highest BCUT2D eigenvalue weighted by atomic mass is 16.5. The standard InChI is InChI=1S/C13H16O4/c14-12(11-6-7-17-13(11)15)9-16-8-10-4-2-1-3-5-10/h1-5,11-12,14H,6-9H2/t11-,12-/m1/s1. The van der Waals surface area contributed by atoms with E-state index in [1.165, 1.54) is 0 Å². The van der Waals surface area contributed by atoms with Gasteiger partial charge in [0.1, 0.15) is 0 Å². The number of rotatable bonds is 5. The largest absolute Gasteiger partial charge is 0.465 e. The summed E-state index contributed by atoms with van der Waals surface area (Å²) in [4.78, 5) is 11.2. The molecular weight excluding hydrogens is 220 g/mol. The van der Waals surface area contributed by atoms with Crippen LogP contribution in [0, 0.1) is 5.92 Å². The molecule has 0 spiro atoms. The lowest BCUT2D eigenvalue weighted by molar-refractivity contribution is -0.145. The van der Waals surface area contributed by atoms with E-state index in [-0.39, 0.29) is 12.6 Å². The fraction of sp³-hybridized carbons (Fsp3) is 0.462. The molecule has 0 radical (unpaired) electrons. The number of hydrogen-bond donors (Lipinski definition) is 1. The van der Waals surface area contributed by atoms with Gasteiger partial charge in [0.2, 0.25) is 0 Å². The fourth-order valence-corrected chi connectivity index (χ4v) is 1.85. The summed E-state index contributed by atoms with van der Waals surface area (Å²) in [6.07, 6.45) is -0.192. The van der Waals surface area contributed by atoms with Crippen LogP contribution in [0.25, 0.3) is 0 Å². The topological polar surface area (TPSA) is 55.8 Å². The summed E-state index contributed by atoms with van der Waals surface area (Å²) < 4.78 is 10.2. The summed E-state index contributed by atoms with van der Waals surface area (Å²) in [7, 11) is 0. The van der Waals surface area contributed by atoms with Gasteiger partial charge in [-0.2, -0.15) is 0 Å². The maximum Gasteiger partial charge on any atom is 0.311 e. The maximum atomic E-state index is 11.2. The smallest absolute Gasteiger partial charge is 0.311 e. The number of esters is 1. The van der Waals surface area contributed by atoms with Crippen LogP contribution in [0.5, 0.6) is 0 Å². The van der Waals surface area contributed by atoms with Crippen molar-refractivity contribution in [2.24, 2.45) is 5.92 Å². The highest BCUT2D eigenvalue weighted by Crippen LogP contribution is 2.18. The van der Waals surface area contributed by atoms with Crippen LogP contribution >= 0.6 is 0 Å². The van der Waals surface area contributed by atoms with E-state index in [1.807, 2.05) is 30.3 Å². The van der Waals surface area contributed by atoms with Gasteiger partial charge in [0.05, 0.1) is 31.8 Å². The molecule has 0 aliphatic carbocycles. The first-order valence-electron chi connectivity index (χ1n) is 5.74. The minimum atomic E-state index is -0.770. The molecule has 1 heterocycles. The molecule has 1 N–H and O–H groups in total. The third-order valence-corrected chi connectivity index (χ3v) is 2.84. The number of benzene rings is 1. The van der Waals surface area contributed by atoms with Crippen LogP contribution in [0.15, 0.2) is 30.3 Å². The molecule has 4 heteroatoms. The minimum Gasteiger partial charge on any atom is -0.465 e. The quantitative estimate of drug-likeness (QED) is 0.778. The molecule has 2 rings (SSSR count). The second-order valence-corrected chi connectivity index (χ2v) is 4.13. The zero-order valence-electron chi connectivity index (χ0n) is 9.54. The molecule has 17 heavy (non-hydrogen) atoms. The number of aliphatic hydroxyl groups is 1. The molecule has 1 fully saturated rings. The van der Waals surface area contributed by atoms with Crippen molar-refractivity contribution in [3.63, 3.8) is 0 Å². The number of aliphatic hydroxyl groups excluding tert-OH is 1. The Bertz CT molecular complexity index is 363. The average Bonchev–Trinajstić information content (AvgIpc) is 2.77. The van der Waals surface area contributed by atoms with Crippen molar-refractivity contribution in [1.82, 2.24) is 0 Å². The van der Waals surface area contributed by atoms with Crippen LogP contribution < -0.4 is 0 Å². The Labute approximate surface area is 100 Å². The van der Waals surface area contributed by atoms with Gasteiger partial charge in [-0.25, -0.2) is 0 Å². The third-order valence-electron chi connectivity index (χ3n) is 2.84. The lowest BCUT2D eigenvalue weighted by Gasteiger charge is -2.14. The summed E-state index contributed by atoms with van der Waals surface area (Å²) in [6.45, 7) is 1.01. The maximum absolute atomic E-state index is 11.2. The summed E-state index contributed by atoms with van der Waals surface area (Å²) >= 11 is 0. The van der Waals surface area contributed by atoms with Crippen LogP contribution in [0.1, 0.15) is 12.0 Å². The Morgan fingerprint density at radius 2 is 2.18 bits per heavy atom. The molecule has 1 saturated heterocycles. The minimum absolute atomic E-state index is 0.161. The van der Waals surface area contributed by atoms with Crippen molar-refractivity contribution in [1.29, 1.82) is 0 Å². The summed E-state index contributed by atoms with van der Waals surface area (Å²) in [6, 6.07) is 9.71. The predicted octanol–water partition coefficient (Wildman–Crippen LogP) is 1.13. The van der Waals surface area contributed by atoms with E-state index in [0.29, 0.717) is 19.6 Å². The van der Waals surface area contributed by atoms with Gasteiger partial charge in [0.15, 0.2) is 0 Å². The van der Waals surface area contributed by atoms with Crippen molar-refractivity contribution < 1.29 is 19.4 Å². The molecule has 1 aromatic carbocycles. The Balaban J connectivity index is 1.73. The highest BCUT2D eigenvalue weighted by molar-refractivity contribution is 5.74.